The van der Waals surface area contributed by atoms with Gasteiger partial charge < -0.3 is 11.1 Å². The first-order valence-electron chi connectivity index (χ1n) is 6.30. The summed E-state index contributed by atoms with van der Waals surface area (Å²) >= 11 is 0. The SMILES string of the molecule is CCc1ccc(C(C)NC(=O)c2cc(N)n[nH]2)cc1. The highest BCUT2D eigenvalue weighted by Gasteiger charge is 2.13. The van der Waals surface area contributed by atoms with Crippen LogP contribution in [0.25, 0.3) is 0 Å². The predicted molar refractivity (Wildman–Crippen MR) is 74.7 cm³/mol. The number of aromatic amines is 1. The van der Waals surface area contributed by atoms with E-state index >= 15 is 0 Å². The van der Waals surface area contributed by atoms with Gasteiger partial charge in [-0.3, -0.25) is 9.89 Å². The van der Waals surface area contributed by atoms with Crippen LogP contribution in [0.4, 0.5) is 5.82 Å². The number of amides is 1. The number of benzene rings is 1. The minimum absolute atomic E-state index is 0.0667. The van der Waals surface area contributed by atoms with Crippen LogP contribution in [0, 0.1) is 0 Å². The lowest BCUT2D eigenvalue weighted by Crippen LogP contribution is -2.26. The molecule has 19 heavy (non-hydrogen) atoms. The quantitative estimate of drug-likeness (QED) is 0.784. The molecule has 1 atom stereocenters. The van der Waals surface area contributed by atoms with Crippen LogP contribution in [0.15, 0.2) is 30.3 Å². The number of nitrogens with one attached hydrogen (secondary N) is 2. The van der Waals surface area contributed by atoms with E-state index < -0.39 is 0 Å². The largest absolute Gasteiger partial charge is 0.382 e. The Kier molecular flexibility index (Phi) is 3.85. The smallest absolute Gasteiger partial charge is 0.269 e. The van der Waals surface area contributed by atoms with Gasteiger partial charge in [0, 0.05) is 6.07 Å². The monoisotopic (exact) mass is 258 g/mol. The van der Waals surface area contributed by atoms with Crippen molar-refractivity contribution in [1.82, 2.24) is 15.5 Å². The molecule has 0 radical (unpaired) electrons. The Morgan fingerprint density at radius 3 is 2.63 bits per heavy atom. The molecule has 2 aromatic rings. The van der Waals surface area contributed by atoms with Gasteiger partial charge in [-0.05, 0) is 24.5 Å². The third-order valence-electron chi connectivity index (χ3n) is 3.08. The van der Waals surface area contributed by atoms with Crippen LogP contribution in [-0.4, -0.2) is 16.1 Å². The molecule has 5 heteroatoms. The second-order valence-electron chi connectivity index (χ2n) is 4.50. The Hall–Kier alpha value is -2.30. The van der Waals surface area contributed by atoms with E-state index in [-0.39, 0.29) is 11.9 Å². The maximum absolute atomic E-state index is 11.9. The van der Waals surface area contributed by atoms with Gasteiger partial charge >= 0.3 is 0 Å². The fraction of sp³-hybridized carbons (Fsp3) is 0.286. The second-order valence-corrected chi connectivity index (χ2v) is 4.50. The summed E-state index contributed by atoms with van der Waals surface area (Å²) in [5.74, 6) is 0.0985. The van der Waals surface area contributed by atoms with Gasteiger partial charge in [-0.15, -0.1) is 0 Å². The lowest BCUT2D eigenvalue weighted by atomic mass is 10.0. The van der Waals surface area contributed by atoms with Crippen LogP contribution in [0.5, 0.6) is 0 Å². The number of hydrogen-bond acceptors (Lipinski definition) is 3. The van der Waals surface area contributed by atoms with Crippen LogP contribution in [0.2, 0.25) is 0 Å². The third kappa shape index (κ3) is 3.13. The Balaban J connectivity index is 2.03. The number of aromatic nitrogens is 2. The maximum atomic E-state index is 11.9. The number of hydrogen-bond donors (Lipinski definition) is 3. The van der Waals surface area contributed by atoms with Crippen molar-refractivity contribution in [3.8, 4) is 0 Å². The zero-order valence-electron chi connectivity index (χ0n) is 11.1. The molecule has 1 aromatic carbocycles. The van der Waals surface area contributed by atoms with Gasteiger partial charge in [0.05, 0.1) is 6.04 Å². The predicted octanol–water partition coefficient (Wildman–Crippen LogP) is 2.05. The van der Waals surface area contributed by atoms with E-state index in [0.29, 0.717) is 11.5 Å². The molecule has 0 saturated heterocycles. The molecule has 1 amide bonds. The minimum atomic E-state index is -0.212. The van der Waals surface area contributed by atoms with E-state index in [2.05, 4.69) is 34.6 Å². The standard InChI is InChI=1S/C14H18N4O/c1-3-10-4-6-11(7-5-10)9(2)16-14(19)12-8-13(15)18-17-12/h4-9H,3H2,1-2H3,(H,16,19)(H3,15,17,18). The van der Waals surface area contributed by atoms with Gasteiger partial charge in [0.2, 0.25) is 0 Å². The zero-order chi connectivity index (χ0) is 13.8. The Labute approximate surface area is 112 Å². The topological polar surface area (TPSA) is 83.8 Å². The molecule has 1 aromatic heterocycles. The molecule has 2 rings (SSSR count). The van der Waals surface area contributed by atoms with Gasteiger partial charge in [0.25, 0.3) is 5.91 Å². The first-order valence-corrected chi connectivity index (χ1v) is 6.30. The summed E-state index contributed by atoms with van der Waals surface area (Å²) in [4.78, 5) is 11.9. The minimum Gasteiger partial charge on any atom is -0.382 e. The van der Waals surface area contributed by atoms with E-state index in [1.807, 2.05) is 19.1 Å². The van der Waals surface area contributed by atoms with E-state index in [1.165, 1.54) is 11.6 Å². The van der Waals surface area contributed by atoms with Crippen molar-refractivity contribution in [3.05, 3.63) is 47.2 Å². The van der Waals surface area contributed by atoms with Gasteiger partial charge in [-0.1, -0.05) is 31.2 Å². The van der Waals surface area contributed by atoms with Gasteiger partial charge in [-0.25, -0.2) is 0 Å². The third-order valence-corrected chi connectivity index (χ3v) is 3.08. The zero-order valence-corrected chi connectivity index (χ0v) is 11.1. The Bertz CT molecular complexity index is 559. The van der Waals surface area contributed by atoms with Gasteiger partial charge in [-0.2, -0.15) is 5.10 Å². The molecular weight excluding hydrogens is 240 g/mol. The molecule has 1 unspecified atom stereocenters. The number of anilines is 1. The fourth-order valence-electron chi connectivity index (χ4n) is 1.85. The van der Waals surface area contributed by atoms with Crippen molar-refractivity contribution in [2.45, 2.75) is 26.3 Å². The summed E-state index contributed by atoms with van der Waals surface area (Å²) in [6.07, 6.45) is 1.01. The first-order chi connectivity index (χ1) is 9.10. The van der Waals surface area contributed by atoms with Crippen LogP contribution in [0.1, 0.15) is 41.5 Å². The van der Waals surface area contributed by atoms with Crippen LogP contribution >= 0.6 is 0 Å². The molecule has 4 N–H and O–H groups in total. The Morgan fingerprint density at radius 1 is 1.42 bits per heavy atom. The fourth-order valence-corrected chi connectivity index (χ4v) is 1.85. The highest BCUT2D eigenvalue weighted by molar-refractivity contribution is 5.93. The molecule has 1 heterocycles. The van der Waals surface area contributed by atoms with Crippen LogP contribution in [0.3, 0.4) is 0 Å². The van der Waals surface area contributed by atoms with Gasteiger partial charge in [0.15, 0.2) is 0 Å². The number of nitrogens with zero attached hydrogens (tertiary/aromatic N) is 1. The van der Waals surface area contributed by atoms with Crippen LogP contribution < -0.4 is 11.1 Å². The lowest BCUT2D eigenvalue weighted by molar-refractivity contribution is 0.0935. The molecule has 0 bridgehead atoms. The molecular formula is C14H18N4O. The van der Waals surface area contributed by atoms with E-state index in [1.54, 1.807) is 0 Å². The molecule has 0 aliphatic carbocycles. The molecule has 0 aliphatic rings. The van der Waals surface area contributed by atoms with Gasteiger partial charge in [0.1, 0.15) is 11.5 Å². The lowest BCUT2D eigenvalue weighted by Gasteiger charge is -2.14. The number of aryl methyl sites for hydroxylation is 1. The molecule has 0 fully saturated rings. The molecule has 0 spiro atoms. The van der Waals surface area contributed by atoms with Crippen molar-refractivity contribution >= 4 is 11.7 Å². The highest BCUT2D eigenvalue weighted by Crippen LogP contribution is 2.14. The summed E-state index contributed by atoms with van der Waals surface area (Å²) in [6, 6.07) is 9.67. The average Bonchev–Trinajstić information content (AvgIpc) is 2.85. The number of H-pyrrole nitrogens is 1. The number of carbonyl (C=O) groups is 1. The van der Waals surface area contributed by atoms with E-state index in [9.17, 15) is 4.79 Å². The van der Waals surface area contributed by atoms with Crippen LogP contribution in [-0.2, 0) is 6.42 Å². The Morgan fingerprint density at radius 2 is 2.11 bits per heavy atom. The summed E-state index contributed by atoms with van der Waals surface area (Å²) in [5.41, 5.74) is 8.19. The summed E-state index contributed by atoms with van der Waals surface area (Å²) in [7, 11) is 0. The number of rotatable bonds is 4. The molecule has 5 nitrogen and oxygen atoms in total. The number of nitrogen functional groups attached to an aromatic ring is 1. The van der Waals surface area contributed by atoms with E-state index in [4.69, 9.17) is 5.73 Å². The number of carbonyl (C=O) groups excluding carboxylic acids is 1. The summed E-state index contributed by atoms with van der Waals surface area (Å²) < 4.78 is 0. The highest BCUT2D eigenvalue weighted by atomic mass is 16.2. The summed E-state index contributed by atoms with van der Waals surface area (Å²) in [6.45, 7) is 4.06. The average molecular weight is 258 g/mol. The second kappa shape index (κ2) is 5.56. The molecule has 100 valence electrons. The van der Waals surface area contributed by atoms with E-state index in [0.717, 1.165) is 12.0 Å². The van der Waals surface area contributed by atoms with Crippen molar-refractivity contribution in [1.29, 1.82) is 0 Å². The van der Waals surface area contributed by atoms with Crippen molar-refractivity contribution in [3.63, 3.8) is 0 Å². The van der Waals surface area contributed by atoms with Crippen molar-refractivity contribution < 1.29 is 4.79 Å². The number of nitrogens with two attached hydrogens (primary N) is 1. The first kappa shape index (κ1) is 13.1. The van der Waals surface area contributed by atoms with Crippen molar-refractivity contribution in [2.75, 3.05) is 5.73 Å². The summed E-state index contributed by atoms with van der Waals surface area (Å²) in [5, 5.41) is 9.22. The maximum Gasteiger partial charge on any atom is 0.269 e. The normalized spacial score (nSPS) is 12.1. The molecule has 0 aliphatic heterocycles. The molecule has 0 saturated carbocycles. The van der Waals surface area contributed by atoms with Crippen molar-refractivity contribution in [2.24, 2.45) is 0 Å².